The molecule has 1 aliphatic heterocycles. The maximum Gasteiger partial charge on any atom is 0.239 e. The van der Waals surface area contributed by atoms with Crippen LogP contribution in [-0.2, 0) is 4.79 Å². The Morgan fingerprint density at radius 2 is 2.36 bits per heavy atom. The van der Waals surface area contributed by atoms with Gasteiger partial charge >= 0.3 is 0 Å². The van der Waals surface area contributed by atoms with Crippen molar-refractivity contribution >= 4 is 6.08 Å². The molecule has 1 atom stereocenters. The third kappa shape index (κ3) is 3.44. The SMILES string of the molecule is CC(C)N1CCCC(/C=C\N=C=O)C1. The molecule has 0 bridgehead atoms. The van der Waals surface area contributed by atoms with E-state index in [1.807, 2.05) is 6.08 Å². The second-order valence-corrected chi connectivity index (χ2v) is 4.05. The Hall–Kier alpha value is -0.920. The molecule has 0 aromatic carbocycles. The minimum atomic E-state index is 0.545. The highest BCUT2D eigenvalue weighted by atomic mass is 16.1. The lowest BCUT2D eigenvalue weighted by Gasteiger charge is -2.34. The Morgan fingerprint density at radius 3 is 3.00 bits per heavy atom. The van der Waals surface area contributed by atoms with Crippen molar-refractivity contribution in [3.8, 4) is 0 Å². The van der Waals surface area contributed by atoms with E-state index in [1.165, 1.54) is 25.5 Å². The van der Waals surface area contributed by atoms with Crippen molar-refractivity contribution in [1.82, 2.24) is 4.90 Å². The number of aliphatic imine (C=N–C) groups is 1. The van der Waals surface area contributed by atoms with Gasteiger partial charge in [0.05, 0.1) is 0 Å². The first-order valence-corrected chi connectivity index (χ1v) is 5.21. The van der Waals surface area contributed by atoms with Gasteiger partial charge in [0.2, 0.25) is 6.08 Å². The summed E-state index contributed by atoms with van der Waals surface area (Å²) in [6.07, 6.45) is 7.54. The van der Waals surface area contributed by atoms with Crippen LogP contribution < -0.4 is 0 Å². The summed E-state index contributed by atoms with van der Waals surface area (Å²) >= 11 is 0. The molecular formula is C11H18N2O. The summed E-state index contributed by atoms with van der Waals surface area (Å²) in [5.74, 6) is 0.545. The molecule has 3 nitrogen and oxygen atoms in total. The van der Waals surface area contributed by atoms with Crippen molar-refractivity contribution in [3.63, 3.8) is 0 Å². The van der Waals surface area contributed by atoms with E-state index in [0.717, 1.165) is 6.54 Å². The Labute approximate surface area is 85.5 Å². The Balaban J connectivity index is 2.43. The monoisotopic (exact) mass is 194 g/mol. The van der Waals surface area contributed by atoms with Gasteiger partial charge in [-0.3, -0.25) is 0 Å². The highest BCUT2D eigenvalue weighted by Gasteiger charge is 2.19. The molecule has 0 N–H and O–H groups in total. The molecule has 1 heterocycles. The topological polar surface area (TPSA) is 32.7 Å². The number of hydrogen-bond donors (Lipinski definition) is 0. The van der Waals surface area contributed by atoms with E-state index in [2.05, 4.69) is 23.7 Å². The fourth-order valence-electron chi connectivity index (χ4n) is 1.86. The fourth-order valence-corrected chi connectivity index (χ4v) is 1.86. The van der Waals surface area contributed by atoms with Crippen molar-refractivity contribution < 1.29 is 4.79 Å². The van der Waals surface area contributed by atoms with E-state index in [-0.39, 0.29) is 0 Å². The number of piperidine rings is 1. The molecule has 1 rings (SSSR count). The zero-order chi connectivity index (χ0) is 10.4. The summed E-state index contributed by atoms with van der Waals surface area (Å²) < 4.78 is 0. The van der Waals surface area contributed by atoms with Gasteiger partial charge in [-0.25, -0.2) is 4.79 Å². The van der Waals surface area contributed by atoms with Crippen LogP contribution in [0.5, 0.6) is 0 Å². The van der Waals surface area contributed by atoms with E-state index in [0.29, 0.717) is 12.0 Å². The molecule has 1 fully saturated rings. The number of carbonyl (C=O) groups excluding carboxylic acids is 1. The van der Waals surface area contributed by atoms with Crippen molar-refractivity contribution in [3.05, 3.63) is 12.3 Å². The maximum atomic E-state index is 9.87. The fraction of sp³-hybridized carbons (Fsp3) is 0.727. The minimum Gasteiger partial charge on any atom is -0.300 e. The molecule has 78 valence electrons. The molecular weight excluding hydrogens is 176 g/mol. The van der Waals surface area contributed by atoms with Crippen LogP contribution >= 0.6 is 0 Å². The predicted octanol–water partition coefficient (Wildman–Crippen LogP) is 1.96. The predicted molar refractivity (Wildman–Crippen MR) is 56.7 cm³/mol. The van der Waals surface area contributed by atoms with Crippen molar-refractivity contribution in [2.45, 2.75) is 32.7 Å². The van der Waals surface area contributed by atoms with Crippen LogP contribution in [0, 0.1) is 5.92 Å². The van der Waals surface area contributed by atoms with Gasteiger partial charge in [-0.15, -0.1) is 0 Å². The number of rotatable bonds is 3. The van der Waals surface area contributed by atoms with E-state index >= 15 is 0 Å². The Bertz CT molecular complexity index is 242. The summed E-state index contributed by atoms with van der Waals surface area (Å²) in [5, 5.41) is 0. The highest BCUT2D eigenvalue weighted by Crippen LogP contribution is 2.19. The number of isocyanates is 1. The molecule has 1 saturated heterocycles. The molecule has 14 heavy (non-hydrogen) atoms. The molecule has 0 amide bonds. The minimum absolute atomic E-state index is 0.545. The average molecular weight is 194 g/mol. The quantitative estimate of drug-likeness (QED) is 0.508. The summed E-state index contributed by atoms with van der Waals surface area (Å²) in [6.45, 7) is 6.72. The smallest absolute Gasteiger partial charge is 0.239 e. The zero-order valence-electron chi connectivity index (χ0n) is 8.94. The molecule has 0 spiro atoms. The average Bonchev–Trinajstić information content (AvgIpc) is 2.19. The summed E-state index contributed by atoms with van der Waals surface area (Å²) in [4.78, 5) is 15.8. The van der Waals surface area contributed by atoms with Crippen molar-refractivity contribution in [2.75, 3.05) is 13.1 Å². The third-order valence-electron chi connectivity index (χ3n) is 2.71. The van der Waals surface area contributed by atoms with Crippen LogP contribution in [0.1, 0.15) is 26.7 Å². The first-order valence-electron chi connectivity index (χ1n) is 5.21. The van der Waals surface area contributed by atoms with E-state index in [1.54, 1.807) is 6.20 Å². The summed E-state index contributed by atoms with van der Waals surface area (Å²) in [7, 11) is 0. The van der Waals surface area contributed by atoms with Gasteiger partial charge in [-0.2, -0.15) is 4.99 Å². The van der Waals surface area contributed by atoms with Crippen LogP contribution in [0.2, 0.25) is 0 Å². The first kappa shape index (κ1) is 11.2. The zero-order valence-corrected chi connectivity index (χ0v) is 8.94. The van der Waals surface area contributed by atoms with Gasteiger partial charge in [-0.1, -0.05) is 6.08 Å². The highest BCUT2D eigenvalue weighted by molar-refractivity contribution is 5.34. The number of nitrogens with zero attached hydrogens (tertiary/aromatic N) is 2. The van der Waals surface area contributed by atoms with E-state index < -0.39 is 0 Å². The largest absolute Gasteiger partial charge is 0.300 e. The first-order chi connectivity index (χ1) is 6.74. The lowest BCUT2D eigenvalue weighted by molar-refractivity contribution is 0.158. The molecule has 3 heteroatoms. The maximum absolute atomic E-state index is 9.87. The van der Waals surface area contributed by atoms with Gasteiger partial charge in [0.25, 0.3) is 0 Å². The third-order valence-corrected chi connectivity index (χ3v) is 2.71. The Kier molecular flexibility index (Phi) is 4.57. The molecule has 0 aromatic heterocycles. The van der Waals surface area contributed by atoms with Crippen molar-refractivity contribution in [2.24, 2.45) is 10.9 Å². The normalized spacial score (nSPS) is 24.1. The molecule has 0 radical (unpaired) electrons. The van der Waals surface area contributed by atoms with Gasteiger partial charge in [0.15, 0.2) is 0 Å². The van der Waals surface area contributed by atoms with Crippen LogP contribution in [0.15, 0.2) is 17.3 Å². The van der Waals surface area contributed by atoms with Gasteiger partial charge in [-0.05, 0) is 39.2 Å². The molecule has 1 aliphatic rings. The molecule has 0 aliphatic carbocycles. The van der Waals surface area contributed by atoms with Crippen LogP contribution in [0.3, 0.4) is 0 Å². The van der Waals surface area contributed by atoms with E-state index in [4.69, 9.17) is 0 Å². The second-order valence-electron chi connectivity index (χ2n) is 4.05. The number of likely N-dealkylation sites (tertiary alicyclic amines) is 1. The molecule has 0 saturated carbocycles. The van der Waals surface area contributed by atoms with Gasteiger partial charge in [0, 0.05) is 18.8 Å². The lowest BCUT2D eigenvalue weighted by Crippen LogP contribution is -2.39. The van der Waals surface area contributed by atoms with Crippen LogP contribution in [0.25, 0.3) is 0 Å². The van der Waals surface area contributed by atoms with Gasteiger partial charge in [0.1, 0.15) is 0 Å². The van der Waals surface area contributed by atoms with Crippen LogP contribution in [0.4, 0.5) is 0 Å². The molecule has 0 aromatic rings. The van der Waals surface area contributed by atoms with Gasteiger partial charge < -0.3 is 4.90 Å². The second kappa shape index (κ2) is 5.74. The van der Waals surface area contributed by atoms with E-state index in [9.17, 15) is 4.79 Å². The Morgan fingerprint density at radius 1 is 1.57 bits per heavy atom. The number of hydrogen-bond acceptors (Lipinski definition) is 3. The standard InChI is InChI=1S/C11H18N2O/c1-10(2)13-7-3-4-11(8-13)5-6-12-9-14/h5-6,10-11H,3-4,7-8H2,1-2H3/b6-5-. The van der Waals surface area contributed by atoms with Crippen LogP contribution in [-0.4, -0.2) is 30.1 Å². The lowest BCUT2D eigenvalue weighted by atomic mass is 9.97. The summed E-state index contributed by atoms with van der Waals surface area (Å²) in [6, 6.07) is 0.612. The molecule has 1 unspecified atom stereocenters. The van der Waals surface area contributed by atoms with Crippen molar-refractivity contribution in [1.29, 1.82) is 0 Å². The summed E-state index contributed by atoms with van der Waals surface area (Å²) in [5.41, 5.74) is 0.